The molecule has 0 radical (unpaired) electrons. The van der Waals surface area contributed by atoms with Crippen LogP contribution in [0.25, 0.3) is 22.6 Å². The number of aromatic nitrogens is 6. The SMILES string of the molecule is CCn1c(-c2cnc(C)nc2)nc2c(N[C@H](CC(=O)N3CC(C)OC(C)C3)c3ccccc3)ncnc21. The number of carbonyl (C=O) groups excluding carboxylic acids is 1. The van der Waals surface area contributed by atoms with Crippen molar-refractivity contribution in [1.82, 2.24) is 34.4 Å². The first-order chi connectivity index (χ1) is 17.9. The first-order valence-corrected chi connectivity index (χ1v) is 12.7. The van der Waals surface area contributed by atoms with E-state index in [4.69, 9.17) is 9.72 Å². The summed E-state index contributed by atoms with van der Waals surface area (Å²) in [4.78, 5) is 37.9. The first-order valence-electron chi connectivity index (χ1n) is 12.7. The molecule has 192 valence electrons. The molecule has 0 aliphatic carbocycles. The number of aryl methyl sites for hydroxylation is 2. The Bertz CT molecular complexity index is 1360. The van der Waals surface area contributed by atoms with E-state index < -0.39 is 0 Å². The maximum Gasteiger partial charge on any atom is 0.225 e. The van der Waals surface area contributed by atoms with Crippen molar-refractivity contribution in [2.45, 2.75) is 58.9 Å². The Kier molecular flexibility index (Phi) is 7.09. The van der Waals surface area contributed by atoms with Gasteiger partial charge in [-0.3, -0.25) is 4.79 Å². The zero-order chi connectivity index (χ0) is 25.9. The number of hydrogen-bond donors (Lipinski definition) is 1. The van der Waals surface area contributed by atoms with Crippen molar-refractivity contribution >= 4 is 22.9 Å². The van der Waals surface area contributed by atoms with Crippen LogP contribution in [-0.2, 0) is 16.1 Å². The summed E-state index contributed by atoms with van der Waals surface area (Å²) in [6.07, 6.45) is 5.38. The molecule has 5 rings (SSSR count). The number of fused-ring (bicyclic) bond motifs is 1. The van der Waals surface area contributed by atoms with E-state index >= 15 is 0 Å². The lowest BCUT2D eigenvalue weighted by Gasteiger charge is -2.36. The molecule has 10 nitrogen and oxygen atoms in total. The largest absolute Gasteiger partial charge is 0.372 e. The van der Waals surface area contributed by atoms with Crippen molar-refractivity contribution < 1.29 is 9.53 Å². The number of carbonyl (C=O) groups is 1. The Morgan fingerprint density at radius 2 is 1.78 bits per heavy atom. The molecular weight excluding hydrogens is 468 g/mol. The molecule has 3 atom stereocenters. The lowest BCUT2D eigenvalue weighted by molar-refractivity contribution is -0.143. The Balaban J connectivity index is 1.49. The van der Waals surface area contributed by atoms with Gasteiger partial charge in [-0.05, 0) is 33.3 Å². The second-order valence-electron chi connectivity index (χ2n) is 9.46. The van der Waals surface area contributed by atoms with Gasteiger partial charge in [0.05, 0.1) is 30.2 Å². The summed E-state index contributed by atoms with van der Waals surface area (Å²) < 4.78 is 7.84. The van der Waals surface area contributed by atoms with E-state index in [9.17, 15) is 4.79 Å². The molecule has 0 bridgehead atoms. The normalized spacial score (nSPS) is 18.6. The molecule has 4 aromatic rings. The zero-order valence-electron chi connectivity index (χ0n) is 21.6. The van der Waals surface area contributed by atoms with Gasteiger partial charge in [-0.25, -0.2) is 24.9 Å². The van der Waals surface area contributed by atoms with Crippen molar-refractivity contribution in [1.29, 1.82) is 0 Å². The fourth-order valence-corrected chi connectivity index (χ4v) is 4.86. The Morgan fingerprint density at radius 1 is 1.08 bits per heavy atom. The Morgan fingerprint density at radius 3 is 2.46 bits per heavy atom. The molecule has 1 amide bonds. The number of ether oxygens (including phenoxy) is 1. The van der Waals surface area contributed by atoms with Gasteiger partial charge in [0.2, 0.25) is 5.91 Å². The number of imidazole rings is 1. The van der Waals surface area contributed by atoms with Crippen LogP contribution in [0.3, 0.4) is 0 Å². The highest BCUT2D eigenvalue weighted by atomic mass is 16.5. The van der Waals surface area contributed by atoms with Crippen molar-refractivity contribution in [3.05, 3.63) is 60.4 Å². The van der Waals surface area contributed by atoms with Gasteiger partial charge in [0, 0.05) is 32.0 Å². The second-order valence-corrected chi connectivity index (χ2v) is 9.46. The van der Waals surface area contributed by atoms with Crippen molar-refractivity contribution in [2.75, 3.05) is 18.4 Å². The summed E-state index contributed by atoms with van der Waals surface area (Å²) >= 11 is 0. The third kappa shape index (κ3) is 5.29. The van der Waals surface area contributed by atoms with Crippen LogP contribution in [0.4, 0.5) is 5.82 Å². The molecule has 3 aromatic heterocycles. The first kappa shape index (κ1) is 24.8. The summed E-state index contributed by atoms with van der Waals surface area (Å²) in [6, 6.07) is 9.67. The second kappa shape index (κ2) is 10.6. The van der Waals surface area contributed by atoms with Gasteiger partial charge in [-0.15, -0.1) is 0 Å². The van der Waals surface area contributed by atoms with E-state index in [0.29, 0.717) is 42.4 Å². The van der Waals surface area contributed by atoms with E-state index in [2.05, 4.69) is 25.3 Å². The van der Waals surface area contributed by atoms with Crippen LogP contribution in [0, 0.1) is 6.92 Å². The molecule has 1 saturated heterocycles. The van der Waals surface area contributed by atoms with E-state index in [1.165, 1.54) is 6.33 Å². The van der Waals surface area contributed by atoms with Crippen LogP contribution >= 0.6 is 0 Å². The van der Waals surface area contributed by atoms with Crippen LogP contribution in [0.2, 0.25) is 0 Å². The predicted molar refractivity (Wildman–Crippen MR) is 141 cm³/mol. The lowest BCUT2D eigenvalue weighted by atomic mass is 10.0. The summed E-state index contributed by atoms with van der Waals surface area (Å²) in [5.74, 6) is 2.08. The van der Waals surface area contributed by atoms with Crippen LogP contribution in [0.1, 0.15) is 44.6 Å². The van der Waals surface area contributed by atoms with Gasteiger partial charge in [-0.1, -0.05) is 30.3 Å². The molecule has 0 spiro atoms. The van der Waals surface area contributed by atoms with Gasteiger partial charge in [0.25, 0.3) is 0 Å². The highest BCUT2D eigenvalue weighted by molar-refractivity contribution is 5.87. The van der Waals surface area contributed by atoms with Crippen LogP contribution in [0.15, 0.2) is 49.1 Å². The number of rotatable bonds is 7. The molecule has 2 unspecified atom stereocenters. The molecule has 0 saturated carbocycles. The Hall–Kier alpha value is -3.92. The van der Waals surface area contributed by atoms with Gasteiger partial charge in [0.15, 0.2) is 17.0 Å². The minimum absolute atomic E-state index is 0.0134. The van der Waals surface area contributed by atoms with E-state index in [-0.39, 0.29) is 30.6 Å². The molecule has 4 heterocycles. The fourth-order valence-electron chi connectivity index (χ4n) is 4.86. The smallest absolute Gasteiger partial charge is 0.225 e. The summed E-state index contributed by atoms with van der Waals surface area (Å²) in [6.45, 7) is 9.75. The zero-order valence-corrected chi connectivity index (χ0v) is 21.6. The van der Waals surface area contributed by atoms with E-state index in [0.717, 1.165) is 17.0 Å². The average Bonchev–Trinajstić information content (AvgIpc) is 3.28. The predicted octanol–water partition coefficient (Wildman–Crippen LogP) is 3.79. The molecule has 10 heteroatoms. The minimum atomic E-state index is -0.293. The highest BCUT2D eigenvalue weighted by Gasteiger charge is 2.28. The van der Waals surface area contributed by atoms with Crippen molar-refractivity contribution in [3.63, 3.8) is 0 Å². The summed E-state index contributed by atoms with van der Waals surface area (Å²) in [5.41, 5.74) is 3.16. The van der Waals surface area contributed by atoms with E-state index in [1.54, 1.807) is 12.4 Å². The van der Waals surface area contributed by atoms with Crippen LogP contribution in [-0.4, -0.2) is 65.6 Å². The number of nitrogens with one attached hydrogen (secondary N) is 1. The number of anilines is 1. The van der Waals surface area contributed by atoms with Gasteiger partial charge in [0.1, 0.15) is 18.0 Å². The molecular formula is C27H32N8O2. The van der Waals surface area contributed by atoms with Gasteiger partial charge in [-0.2, -0.15) is 0 Å². The quantitative estimate of drug-likeness (QED) is 0.408. The highest BCUT2D eigenvalue weighted by Crippen LogP contribution is 2.30. The summed E-state index contributed by atoms with van der Waals surface area (Å²) in [7, 11) is 0. The summed E-state index contributed by atoms with van der Waals surface area (Å²) in [5, 5.41) is 3.52. The molecule has 1 N–H and O–H groups in total. The maximum atomic E-state index is 13.4. The Labute approximate surface area is 216 Å². The molecule has 1 aromatic carbocycles. The van der Waals surface area contributed by atoms with Gasteiger partial charge < -0.3 is 19.5 Å². The van der Waals surface area contributed by atoms with Crippen LogP contribution < -0.4 is 5.32 Å². The number of nitrogens with zero attached hydrogens (tertiary/aromatic N) is 7. The number of amides is 1. The van der Waals surface area contributed by atoms with Crippen molar-refractivity contribution in [2.24, 2.45) is 0 Å². The lowest BCUT2D eigenvalue weighted by Crippen LogP contribution is -2.48. The maximum absolute atomic E-state index is 13.4. The van der Waals surface area contributed by atoms with Gasteiger partial charge >= 0.3 is 0 Å². The third-order valence-electron chi connectivity index (χ3n) is 6.55. The molecule has 37 heavy (non-hydrogen) atoms. The van der Waals surface area contributed by atoms with Crippen molar-refractivity contribution in [3.8, 4) is 11.4 Å². The topological polar surface area (TPSA) is 111 Å². The number of hydrogen-bond acceptors (Lipinski definition) is 8. The third-order valence-corrected chi connectivity index (χ3v) is 6.55. The molecule has 1 fully saturated rings. The molecule has 1 aliphatic heterocycles. The average molecular weight is 501 g/mol. The molecule has 1 aliphatic rings. The van der Waals surface area contributed by atoms with Crippen LogP contribution in [0.5, 0.6) is 0 Å². The fraction of sp³-hybridized carbons (Fsp3) is 0.407. The number of morpholine rings is 1. The van der Waals surface area contributed by atoms with E-state index in [1.807, 2.05) is 67.5 Å². The minimum Gasteiger partial charge on any atom is -0.372 e. The number of benzene rings is 1. The monoisotopic (exact) mass is 500 g/mol. The standard InChI is InChI=1S/C27H32N8O2/c1-5-35-26(21-12-28-19(4)29-13-21)33-24-25(30-16-31-27(24)35)32-22(20-9-7-6-8-10-20)11-23(36)34-14-17(2)37-18(3)15-34/h6-10,12-13,16-18,22H,5,11,14-15H2,1-4H3,(H,30,31,32)/t17?,18?,22-/m1/s1.